The predicted octanol–water partition coefficient (Wildman–Crippen LogP) is 2.06. The SMILES string of the molecule is Cc1nc(SCC(=O)NCCC#N)c2ccccc2n1. The number of nitrogens with one attached hydrogen (secondary N) is 1. The molecule has 2 rings (SSSR count). The van der Waals surface area contributed by atoms with E-state index in [1.807, 2.05) is 37.3 Å². The Bertz CT molecular complexity index is 666. The third kappa shape index (κ3) is 3.68. The highest BCUT2D eigenvalue weighted by Gasteiger charge is 2.08. The third-order valence-electron chi connectivity index (χ3n) is 2.58. The minimum absolute atomic E-state index is 0.0920. The van der Waals surface area contributed by atoms with Gasteiger partial charge >= 0.3 is 0 Å². The molecule has 0 atom stereocenters. The number of carbonyl (C=O) groups is 1. The summed E-state index contributed by atoms with van der Waals surface area (Å²) in [6.07, 6.45) is 0.325. The third-order valence-corrected chi connectivity index (χ3v) is 3.57. The van der Waals surface area contributed by atoms with Gasteiger partial charge in [0.2, 0.25) is 5.91 Å². The molecule has 1 heterocycles. The lowest BCUT2D eigenvalue weighted by Crippen LogP contribution is -2.25. The number of nitriles is 1. The fourth-order valence-corrected chi connectivity index (χ4v) is 2.61. The molecule has 0 spiro atoms. The quantitative estimate of drug-likeness (QED) is 0.517. The molecular weight excluding hydrogens is 272 g/mol. The maximum Gasteiger partial charge on any atom is 0.230 e. The number of thioether (sulfide) groups is 1. The minimum Gasteiger partial charge on any atom is -0.354 e. The van der Waals surface area contributed by atoms with Crippen LogP contribution in [0.2, 0.25) is 0 Å². The number of hydrogen-bond donors (Lipinski definition) is 1. The molecule has 1 N–H and O–H groups in total. The predicted molar refractivity (Wildman–Crippen MR) is 78.2 cm³/mol. The molecule has 0 aliphatic rings. The Kier molecular flexibility index (Phi) is 4.91. The first-order valence-electron chi connectivity index (χ1n) is 6.20. The second kappa shape index (κ2) is 6.87. The Labute approximate surface area is 121 Å². The summed E-state index contributed by atoms with van der Waals surface area (Å²) in [6, 6.07) is 9.72. The highest BCUT2D eigenvalue weighted by molar-refractivity contribution is 8.00. The second-order valence-electron chi connectivity index (χ2n) is 4.14. The molecule has 0 saturated heterocycles. The maximum atomic E-state index is 11.6. The van der Waals surface area contributed by atoms with Crippen molar-refractivity contribution in [2.75, 3.05) is 12.3 Å². The Hall–Kier alpha value is -2.13. The van der Waals surface area contributed by atoms with Crippen LogP contribution in [0.15, 0.2) is 29.3 Å². The van der Waals surface area contributed by atoms with Crippen LogP contribution in [-0.4, -0.2) is 28.2 Å². The number of nitrogens with zero attached hydrogens (tertiary/aromatic N) is 3. The molecule has 0 aliphatic carbocycles. The Balaban J connectivity index is 2.06. The molecule has 0 bridgehead atoms. The van der Waals surface area contributed by atoms with Gasteiger partial charge < -0.3 is 5.32 Å². The smallest absolute Gasteiger partial charge is 0.230 e. The summed E-state index contributed by atoms with van der Waals surface area (Å²) in [6.45, 7) is 2.23. The fraction of sp³-hybridized carbons (Fsp3) is 0.286. The average Bonchev–Trinajstić information content (AvgIpc) is 2.45. The van der Waals surface area contributed by atoms with Gasteiger partial charge in [-0.05, 0) is 13.0 Å². The second-order valence-corrected chi connectivity index (χ2v) is 5.10. The summed E-state index contributed by atoms with van der Waals surface area (Å²) >= 11 is 1.38. The van der Waals surface area contributed by atoms with E-state index in [9.17, 15) is 4.79 Å². The van der Waals surface area contributed by atoms with Crippen molar-refractivity contribution in [3.8, 4) is 6.07 Å². The standard InChI is InChI=1S/C14H14N4OS/c1-10-17-12-6-3-2-5-11(12)14(18-10)20-9-13(19)16-8-4-7-15/h2-3,5-6H,4,8-9H2,1H3,(H,16,19). The van der Waals surface area contributed by atoms with Crippen LogP contribution in [0.25, 0.3) is 10.9 Å². The number of carbonyl (C=O) groups excluding carboxylic acids is 1. The van der Waals surface area contributed by atoms with Gasteiger partial charge in [-0.3, -0.25) is 4.79 Å². The number of para-hydroxylation sites is 1. The summed E-state index contributed by atoms with van der Waals surface area (Å²) in [5.74, 6) is 0.882. The van der Waals surface area contributed by atoms with Gasteiger partial charge in [-0.2, -0.15) is 5.26 Å². The number of amides is 1. The summed E-state index contributed by atoms with van der Waals surface area (Å²) in [4.78, 5) is 20.4. The number of hydrogen-bond acceptors (Lipinski definition) is 5. The highest BCUT2D eigenvalue weighted by Crippen LogP contribution is 2.24. The number of benzene rings is 1. The molecule has 2 aromatic rings. The Morgan fingerprint density at radius 3 is 3.00 bits per heavy atom. The molecule has 1 aromatic heterocycles. The fourth-order valence-electron chi connectivity index (χ4n) is 1.71. The van der Waals surface area contributed by atoms with Gasteiger partial charge in [0.15, 0.2) is 0 Å². The molecule has 0 saturated carbocycles. The van der Waals surface area contributed by atoms with Gasteiger partial charge in [-0.15, -0.1) is 0 Å². The van der Waals surface area contributed by atoms with Crippen LogP contribution in [0, 0.1) is 18.3 Å². The van der Waals surface area contributed by atoms with E-state index in [1.165, 1.54) is 11.8 Å². The van der Waals surface area contributed by atoms with Gasteiger partial charge in [-0.1, -0.05) is 30.0 Å². The van der Waals surface area contributed by atoms with Crippen molar-refractivity contribution in [2.45, 2.75) is 18.4 Å². The van der Waals surface area contributed by atoms with E-state index in [-0.39, 0.29) is 11.7 Å². The van der Waals surface area contributed by atoms with Crippen molar-refractivity contribution in [2.24, 2.45) is 0 Å². The van der Waals surface area contributed by atoms with Crippen molar-refractivity contribution in [1.82, 2.24) is 15.3 Å². The minimum atomic E-state index is -0.0920. The van der Waals surface area contributed by atoms with Gasteiger partial charge in [0, 0.05) is 11.9 Å². The summed E-state index contributed by atoms with van der Waals surface area (Å²) in [5, 5.41) is 12.9. The molecule has 5 nitrogen and oxygen atoms in total. The van der Waals surface area contributed by atoms with Gasteiger partial charge in [0.05, 0.1) is 23.8 Å². The van der Waals surface area contributed by atoms with E-state index in [0.29, 0.717) is 18.8 Å². The zero-order valence-corrected chi connectivity index (χ0v) is 11.9. The highest BCUT2D eigenvalue weighted by atomic mass is 32.2. The number of fused-ring (bicyclic) bond motifs is 1. The van der Waals surface area contributed by atoms with Crippen LogP contribution in [-0.2, 0) is 4.79 Å². The topological polar surface area (TPSA) is 78.7 Å². The monoisotopic (exact) mass is 286 g/mol. The van der Waals surface area contributed by atoms with E-state index in [1.54, 1.807) is 0 Å². The van der Waals surface area contributed by atoms with Crippen LogP contribution >= 0.6 is 11.8 Å². The van der Waals surface area contributed by atoms with E-state index in [2.05, 4.69) is 15.3 Å². The van der Waals surface area contributed by atoms with Gasteiger partial charge in [0.25, 0.3) is 0 Å². The van der Waals surface area contributed by atoms with Crippen molar-refractivity contribution in [3.05, 3.63) is 30.1 Å². The molecule has 0 radical (unpaired) electrons. The van der Waals surface area contributed by atoms with Crippen molar-refractivity contribution >= 4 is 28.6 Å². The number of aromatic nitrogens is 2. The van der Waals surface area contributed by atoms with Crippen LogP contribution < -0.4 is 5.32 Å². The maximum absolute atomic E-state index is 11.6. The number of aryl methyl sites for hydroxylation is 1. The summed E-state index contributed by atoms with van der Waals surface area (Å²) < 4.78 is 0. The van der Waals surface area contributed by atoms with Crippen molar-refractivity contribution in [1.29, 1.82) is 5.26 Å². The van der Waals surface area contributed by atoms with Crippen molar-refractivity contribution < 1.29 is 4.79 Å². The summed E-state index contributed by atoms with van der Waals surface area (Å²) in [5.41, 5.74) is 0.882. The molecule has 6 heteroatoms. The zero-order chi connectivity index (χ0) is 14.4. The lowest BCUT2D eigenvalue weighted by atomic mass is 10.2. The molecule has 102 valence electrons. The normalized spacial score (nSPS) is 10.2. The molecule has 0 fully saturated rings. The van der Waals surface area contributed by atoms with Crippen LogP contribution in [0.5, 0.6) is 0 Å². The van der Waals surface area contributed by atoms with E-state index < -0.39 is 0 Å². The lowest BCUT2D eigenvalue weighted by molar-refractivity contribution is -0.118. The molecule has 0 unspecified atom stereocenters. The molecule has 0 aliphatic heterocycles. The lowest BCUT2D eigenvalue weighted by Gasteiger charge is -2.06. The molecular formula is C14H14N4OS. The molecule has 1 aromatic carbocycles. The van der Waals surface area contributed by atoms with Gasteiger partial charge in [0.1, 0.15) is 10.9 Å². The zero-order valence-electron chi connectivity index (χ0n) is 11.1. The van der Waals surface area contributed by atoms with Crippen molar-refractivity contribution in [3.63, 3.8) is 0 Å². The Morgan fingerprint density at radius 1 is 1.40 bits per heavy atom. The van der Waals surface area contributed by atoms with E-state index in [0.717, 1.165) is 15.9 Å². The summed E-state index contributed by atoms with van der Waals surface area (Å²) in [7, 11) is 0. The van der Waals surface area contributed by atoms with Crippen LogP contribution in [0.1, 0.15) is 12.2 Å². The molecule has 1 amide bonds. The van der Waals surface area contributed by atoms with Crippen LogP contribution in [0.3, 0.4) is 0 Å². The van der Waals surface area contributed by atoms with Crippen LogP contribution in [0.4, 0.5) is 0 Å². The number of rotatable bonds is 5. The van der Waals surface area contributed by atoms with E-state index in [4.69, 9.17) is 5.26 Å². The first-order chi connectivity index (χ1) is 9.70. The first kappa shape index (κ1) is 14.3. The van der Waals surface area contributed by atoms with Gasteiger partial charge in [-0.25, -0.2) is 9.97 Å². The average molecular weight is 286 g/mol. The first-order valence-corrected chi connectivity index (χ1v) is 7.19. The Morgan fingerprint density at radius 2 is 2.20 bits per heavy atom. The van der Waals surface area contributed by atoms with E-state index >= 15 is 0 Å². The molecule has 20 heavy (non-hydrogen) atoms. The largest absolute Gasteiger partial charge is 0.354 e.